The van der Waals surface area contributed by atoms with Crippen LogP contribution in [0.2, 0.25) is 0 Å². The topological polar surface area (TPSA) is 67.8 Å². The SMILES string of the molecule is CC(C)c1cccc2sc(NC(=O)c3cnc4ccccc4n3)nc12. The average molecular weight is 348 g/mol. The number of nitrogens with zero attached hydrogens (tertiary/aromatic N) is 3. The van der Waals surface area contributed by atoms with Crippen molar-refractivity contribution in [3.05, 3.63) is 59.9 Å². The van der Waals surface area contributed by atoms with Crippen molar-refractivity contribution in [1.29, 1.82) is 0 Å². The summed E-state index contributed by atoms with van der Waals surface area (Å²) in [4.78, 5) is 25.8. The van der Waals surface area contributed by atoms with Crippen LogP contribution in [0.1, 0.15) is 35.8 Å². The van der Waals surface area contributed by atoms with Crippen LogP contribution in [0.15, 0.2) is 48.7 Å². The molecule has 2 aromatic heterocycles. The maximum atomic E-state index is 12.5. The van der Waals surface area contributed by atoms with Crippen molar-refractivity contribution in [3.8, 4) is 0 Å². The summed E-state index contributed by atoms with van der Waals surface area (Å²) < 4.78 is 1.06. The molecule has 1 amide bonds. The molecule has 124 valence electrons. The van der Waals surface area contributed by atoms with Gasteiger partial charge in [-0.05, 0) is 29.7 Å². The van der Waals surface area contributed by atoms with Crippen molar-refractivity contribution < 1.29 is 4.79 Å². The van der Waals surface area contributed by atoms with Crippen molar-refractivity contribution >= 4 is 43.6 Å². The standard InChI is InChI=1S/C19H16N4OS/c1-11(2)12-6-5-9-16-17(12)22-19(25-16)23-18(24)15-10-20-13-7-3-4-8-14(13)21-15/h3-11H,1-2H3,(H,22,23,24). The van der Waals surface area contributed by atoms with E-state index in [-0.39, 0.29) is 11.6 Å². The molecule has 0 spiro atoms. The Hall–Kier alpha value is -2.86. The van der Waals surface area contributed by atoms with Gasteiger partial charge < -0.3 is 0 Å². The predicted octanol–water partition coefficient (Wildman–Crippen LogP) is 4.62. The molecule has 6 heteroatoms. The number of nitrogens with one attached hydrogen (secondary N) is 1. The number of benzene rings is 2. The molecule has 0 saturated heterocycles. The number of amides is 1. The summed E-state index contributed by atoms with van der Waals surface area (Å²) in [5.74, 6) is 0.0733. The summed E-state index contributed by atoms with van der Waals surface area (Å²) in [6.07, 6.45) is 1.49. The summed E-state index contributed by atoms with van der Waals surface area (Å²) >= 11 is 1.46. The van der Waals surface area contributed by atoms with Crippen LogP contribution in [0, 0.1) is 0 Å². The van der Waals surface area contributed by atoms with Gasteiger partial charge in [-0.2, -0.15) is 0 Å². The van der Waals surface area contributed by atoms with Gasteiger partial charge in [0, 0.05) is 0 Å². The Bertz CT molecular complexity index is 1090. The molecule has 25 heavy (non-hydrogen) atoms. The highest BCUT2D eigenvalue weighted by atomic mass is 32.1. The van der Waals surface area contributed by atoms with Crippen LogP contribution in [-0.2, 0) is 0 Å². The molecule has 0 fully saturated rings. The highest BCUT2D eigenvalue weighted by Crippen LogP contribution is 2.31. The van der Waals surface area contributed by atoms with Crippen LogP contribution in [0.4, 0.5) is 5.13 Å². The van der Waals surface area contributed by atoms with Gasteiger partial charge in [-0.15, -0.1) is 0 Å². The van der Waals surface area contributed by atoms with E-state index in [0.29, 0.717) is 16.6 Å². The summed E-state index contributed by atoms with van der Waals surface area (Å²) in [7, 11) is 0. The van der Waals surface area contributed by atoms with Gasteiger partial charge in [0.15, 0.2) is 5.13 Å². The van der Waals surface area contributed by atoms with Gasteiger partial charge >= 0.3 is 0 Å². The minimum Gasteiger partial charge on any atom is -0.296 e. The third-order valence-corrected chi connectivity index (χ3v) is 4.91. The molecule has 2 aromatic carbocycles. The van der Waals surface area contributed by atoms with Crippen LogP contribution in [0.3, 0.4) is 0 Å². The van der Waals surface area contributed by atoms with E-state index in [1.165, 1.54) is 23.1 Å². The van der Waals surface area contributed by atoms with Gasteiger partial charge in [0.1, 0.15) is 5.69 Å². The molecule has 0 unspecified atom stereocenters. The Kier molecular flexibility index (Phi) is 3.89. The van der Waals surface area contributed by atoms with E-state index < -0.39 is 0 Å². The first-order valence-electron chi connectivity index (χ1n) is 8.04. The molecule has 0 atom stereocenters. The maximum absolute atomic E-state index is 12.5. The molecule has 0 aliphatic heterocycles. The monoisotopic (exact) mass is 348 g/mol. The van der Waals surface area contributed by atoms with Gasteiger partial charge in [-0.25, -0.2) is 9.97 Å². The fourth-order valence-corrected chi connectivity index (χ4v) is 3.61. The van der Waals surface area contributed by atoms with E-state index in [1.807, 2.05) is 36.4 Å². The lowest BCUT2D eigenvalue weighted by atomic mass is 10.0. The molecule has 0 aliphatic rings. The number of carbonyl (C=O) groups is 1. The Balaban J connectivity index is 1.65. The Morgan fingerprint density at radius 1 is 1.04 bits per heavy atom. The van der Waals surface area contributed by atoms with Crippen molar-refractivity contribution in [1.82, 2.24) is 15.0 Å². The summed E-state index contributed by atoms with van der Waals surface area (Å²) in [5, 5.41) is 3.42. The second kappa shape index (κ2) is 6.22. The van der Waals surface area contributed by atoms with E-state index in [1.54, 1.807) is 0 Å². The first kappa shape index (κ1) is 15.7. The Morgan fingerprint density at radius 3 is 2.64 bits per heavy atom. The summed E-state index contributed by atoms with van der Waals surface area (Å²) in [5.41, 5.74) is 3.87. The summed E-state index contributed by atoms with van der Waals surface area (Å²) in [6, 6.07) is 13.6. The Morgan fingerprint density at radius 2 is 1.84 bits per heavy atom. The molecule has 0 aliphatic carbocycles. The third kappa shape index (κ3) is 2.96. The van der Waals surface area contributed by atoms with Crippen molar-refractivity contribution in [2.45, 2.75) is 19.8 Å². The van der Waals surface area contributed by atoms with Crippen molar-refractivity contribution in [2.24, 2.45) is 0 Å². The smallest absolute Gasteiger partial charge is 0.277 e. The van der Waals surface area contributed by atoms with Gasteiger partial charge in [0.2, 0.25) is 0 Å². The number of hydrogen-bond donors (Lipinski definition) is 1. The number of anilines is 1. The molecular formula is C19H16N4OS. The van der Waals surface area contributed by atoms with Crippen LogP contribution in [0.5, 0.6) is 0 Å². The molecule has 2 heterocycles. The van der Waals surface area contributed by atoms with Gasteiger partial charge in [-0.3, -0.25) is 15.1 Å². The van der Waals surface area contributed by atoms with Crippen molar-refractivity contribution in [3.63, 3.8) is 0 Å². The largest absolute Gasteiger partial charge is 0.296 e. The first-order valence-corrected chi connectivity index (χ1v) is 8.86. The van der Waals surface area contributed by atoms with Gasteiger partial charge in [0.05, 0.1) is 27.4 Å². The second-order valence-corrected chi connectivity index (χ2v) is 7.10. The van der Waals surface area contributed by atoms with Crippen LogP contribution in [0.25, 0.3) is 21.3 Å². The maximum Gasteiger partial charge on any atom is 0.277 e. The molecule has 1 N–H and O–H groups in total. The van der Waals surface area contributed by atoms with Crippen molar-refractivity contribution in [2.75, 3.05) is 5.32 Å². The molecule has 0 radical (unpaired) electrons. The number of aromatic nitrogens is 3. The molecular weight excluding hydrogens is 332 g/mol. The number of fused-ring (bicyclic) bond motifs is 2. The number of rotatable bonds is 3. The van der Waals surface area contributed by atoms with E-state index in [4.69, 9.17) is 0 Å². The second-order valence-electron chi connectivity index (χ2n) is 6.07. The quantitative estimate of drug-likeness (QED) is 0.587. The van der Waals surface area contributed by atoms with Gasteiger partial charge in [-0.1, -0.05) is 49.4 Å². The molecule has 5 nitrogen and oxygen atoms in total. The minimum atomic E-state index is -0.302. The van der Waals surface area contributed by atoms with E-state index in [0.717, 1.165) is 15.7 Å². The molecule has 0 bridgehead atoms. The van der Waals surface area contributed by atoms with Gasteiger partial charge in [0.25, 0.3) is 5.91 Å². The van der Waals surface area contributed by atoms with E-state index in [2.05, 4.69) is 40.2 Å². The number of hydrogen-bond acceptors (Lipinski definition) is 5. The molecule has 4 rings (SSSR count). The zero-order valence-electron chi connectivity index (χ0n) is 13.9. The first-order chi connectivity index (χ1) is 12.1. The Labute approximate surface area is 148 Å². The highest BCUT2D eigenvalue weighted by molar-refractivity contribution is 7.22. The summed E-state index contributed by atoms with van der Waals surface area (Å²) in [6.45, 7) is 4.27. The lowest BCUT2D eigenvalue weighted by Gasteiger charge is -2.04. The zero-order valence-corrected chi connectivity index (χ0v) is 14.7. The number of thiazole rings is 1. The number of para-hydroxylation sites is 3. The zero-order chi connectivity index (χ0) is 17.4. The minimum absolute atomic E-state index is 0.280. The average Bonchev–Trinajstić information content (AvgIpc) is 3.03. The fraction of sp³-hybridized carbons (Fsp3) is 0.158. The van der Waals surface area contributed by atoms with Crippen LogP contribution in [-0.4, -0.2) is 20.9 Å². The van der Waals surface area contributed by atoms with E-state index >= 15 is 0 Å². The highest BCUT2D eigenvalue weighted by Gasteiger charge is 2.14. The lowest BCUT2D eigenvalue weighted by Crippen LogP contribution is -2.14. The number of carbonyl (C=O) groups excluding carboxylic acids is 1. The molecule has 0 saturated carbocycles. The predicted molar refractivity (Wildman–Crippen MR) is 101 cm³/mol. The van der Waals surface area contributed by atoms with Crippen LogP contribution < -0.4 is 5.32 Å². The lowest BCUT2D eigenvalue weighted by molar-refractivity contribution is 0.102. The third-order valence-electron chi connectivity index (χ3n) is 3.97. The van der Waals surface area contributed by atoms with E-state index in [9.17, 15) is 4.79 Å². The fourth-order valence-electron chi connectivity index (χ4n) is 2.72. The molecule has 4 aromatic rings. The van der Waals surface area contributed by atoms with Crippen LogP contribution >= 0.6 is 11.3 Å². The normalized spacial score (nSPS) is 11.3.